The number of aryl methyl sites for hydroxylation is 3. The van der Waals surface area contributed by atoms with Crippen LogP contribution < -0.4 is 4.90 Å². The number of nitrogens with zero attached hydrogens (tertiary/aromatic N) is 4. The highest BCUT2D eigenvalue weighted by molar-refractivity contribution is 5.79. The standard InChI is InChI=1S/C25H28N4O/c1-18-8-9-22(20(3)16-18)23-10-11-24(27-26-23)28-12-14-29(15-13-28)25(30)17-21-7-5-4-6-19(21)2/h4-11,16H,12-15,17H2,1-3H3. The van der Waals surface area contributed by atoms with Crippen LogP contribution in [0.15, 0.2) is 54.6 Å². The van der Waals surface area contributed by atoms with Crippen LogP contribution in [0.3, 0.4) is 0 Å². The second kappa shape index (κ2) is 8.66. The highest BCUT2D eigenvalue weighted by atomic mass is 16.2. The van der Waals surface area contributed by atoms with E-state index in [1.54, 1.807) is 0 Å². The molecular weight excluding hydrogens is 372 g/mol. The Labute approximate surface area is 178 Å². The average molecular weight is 401 g/mol. The first kappa shape index (κ1) is 20.1. The van der Waals surface area contributed by atoms with Gasteiger partial charge in [0.05, 0.1) is 12.1 Å². The molecule has 0 unspecified atom stereocenters. The van der Waals surface area contributed by atoms with Crippen molar-refractivity contribution >= 4 is 11.7 Å². The number of amides is 1. The summed E-state index contributed by atoms with van der Waals surface area (Å²) in [5.41, 5.74) is 6.74. The molecule has 3 aromatic rings. The normalized spacial score (nSPS) is 14.1. The van der Waals surface area contributed by atoms with Crippen molar-refractivity contribution in [2.45, 2.75) is 27.2 Å². The summed E-state index contributed by atoms with van der Waals surface area (Å²) < 4.78 is 0. The number of rotatable bonds is 4. The maximum Gasteiger partial charge on any atom is 0.227 e. The Balaban J connectivity index is 1.37. The van der Waals surface area contributed by atoms with E-state index in [1.165, 1.54) is 16.7 Å². The Bertz CT molecular complexity index is 1040. The molecule has 2 aromatic carbocycles. The SMILES string of the molecule is Cc1ccc(-c2ccc(N3CCN(C(=O)Cc4ccccc4C)CC3)nn2)c(C)c1. The molecule has 154 valence electrons. The highest BCUT2D eigenvalue weighted by Crippen LogP contribution is 2.23. The van der Waals surface area contributed by atoms with Gasteiger partial charge in [0.15, 0.2) is 5.82 Å². The number of hydrogen-bond donors (Lipinski definition) is 0. The quantitative estimate of drug-likeness (QED) is 0.665. The summed E-state index contributed by atoms with van der Waals surface area (Å²) in [5, 5.41) is 8.93. The van der Waals surface area contributed by atoms with Crippen molar-refractivity contribution in [3.05, 3.63) is 76.9 Å². The number of piperazine rings is 1. The van der Waals surface area contributed by atoms with Gasteiger partial charge >= 0.3 is 0 Å². The van der Waals surface area contributed by atoms with E-state index in [2.05, 4.69) is 60.1 Å². The molecule has 0 radical (unpaired) electrons. The minimum absolute atomic E-state index is 0.195. The molecule has 1 fully saturated rings. The Hall–Kier alpha value is -3.21. The van der Waals surface area contributed by atoms with Gasteiger partial charge < -0.3 is 9.80 Å². The van der Waals surface area contributed by atoms with Gasteiger partial charge in [-0.25, -0.2) is 0 Å². The maximum atomic E-state index is 12.7. The molecule has 5 nitrogen and oxygen atoms in total. The lowest BCUT2D eigenvalue weighted by atomic mass is 10.0. The van der Waals surface area contributed by atoms with Crippen molar-refractivity contribution in [1.82, 2.24) is 15.1 Å². The first-order chi connectivity index (χ1) is 14.5. The van der Waals surface area contributed by atoms with E-state index >= 15 is 0 Å². The predicted molar refractivity (Wildman–Crippen MR) is 121 cm³/mol. The van der Waals surface area contributed by atoms with Crippen molar-refractivity contribution in [3.63, 3.8) is 0 Å². The van der Waals surface area contributed by atoms with Crippen LogP contribution in [0.5, 0.6) is 0 Å². The van der Waals surface area contributed by atoms with Crippen molar-refractivity contribution in [1.29, 1.82) is 0 Å². The molecule has 1 aliphatic rings. The van der Waals surface area contributed by atoms with Crippen LogP contribution in [-0.4, -0.2) is 47.2 Å². The molecular formula is C25H28N4O. The zero-order valence-corrected chi connectivity index (χ0v) is 17.9. The number of carbonyl (C=O) groups excluding carboxylic acids is 1. The van der Waals surface area contributed by atoms with Gasteiger partial charge in [0.2, 0.25) is 5.91 Å². The molecule has 0 atom stereocenters. The fraction of sp³-hybridized carbons (Fsp3) is 0.320. The molecule has 0 N–H and O–H groups in total. The number of hydrogen-bond acceptors (Lipinski definition) is 4. The Morgan fingerprint density at radius 3 is 2.30 bits per heavy atom. The Kier molecular flexibility index (Phi) is 5.79. The Morgan fingerprint density at radius 1 is 0.867 bits per heavy atom. The van der Waals surface area contributed by atoms with E-state index in [1.807, 2.05) is 35.2 Å². The summed E-state index contributed by atoms with van der Waals surface area (Å²) in [4.78, 5) is 16.9. The zero-order chi connectivity index (χ0) is 21.1. The van der Waals surface area contributed by atoms with E-state index in [9.17, 15) is 4.79 Å². The fourth-order valence-corrected chi connectivity index (χ4v) is 4.01. The van der Waals surface area contributed by atoms with Gasteiger partial charge in [0.25, 0.3) is 0 Å². The van der Waals surface area contributed by atoms with Crippen molar-refractivity contribution in [2.24, 2.45) is 0 Å². The van der Waals surface area contributed by atoms with Crippen molar-refractivity contribution in [3.8, 4) is 11.3 Å². The summed E-state index contributed by atoms with van der Waals surface area (Å²) in [5.74, 6) is 1.06. The third-order valence-electron chi connectivity index (χ3n) is 5.87. The molecule has 1 saturated heterocycles. The monoisotopic (exact) mass is 400 g/mol. The molecule has 2 heterocycles. The summed E-state index contributed by atoms with van der Waals surface area (Å²) in [6.07, 6.45) is 0.469. The first-order valence-electron chi connectivity index (χ1n) is 10.5. The van der Waals surface area contributed by atoms with E-state index in [0.717, 1.165) is 35.7 Å². The van der Waals surface area contributed by atoms with Crippen LogP contribution in [0, 0.1) is 20.8 Å². The molecule has 5 heteroatoms. The van der Waals surface area contributed by atoms with Crippen LogP contribution in [0.4, 0.5) is 5.82 Å². The van der Waals surface area contributed by atoms with Gasteiger partial charge in [-0.05, 0) is 49.6 Å². The van der Waals surface area contributed by atoms with Crippen LogP contribution >= 0.6 is 0 Å². The molecule has 0 saturated carbocycles. The van der Waals surface area contributed by atoms with Gasteiger partial charge in [-0.3, -0.25) is 4.79 Å². The summed E-state index contributed by atoms with van der Waals surface area (Å²) >= 11 is 0. The fourth-order valence-electron chi connectivity index (χ4n) is 4.01. The molecule has 1 aromatic heterocycles. The lowest BCUT2D eigenvalue weighted by Crippen LogP contribution is -2.49. The maximum absolute atomic E-state index is 12.7. The molecule has 1 amide bonds. The van der Waals surface area contributed by atoms with E-state index < -0.39 is 0 Å². The van der Waals surface area contributed by atoms with Crippen LogP contribution in [-0.2, 0) is 11.2 Å². The lowest BCUT2D eigenvalue weighted by molar-refractivity contribution is -0.130. The molecule has 1 aliphatic heterocycles. The number of carbonyl (C=O) groups is 1. The second-order valence-electron chi connectivity index (χ2n) is 8.07. The number of benzene rings is 2. The first-order valence-corrected chi connectivity index (χ1v) is 10.5. The third-order valence-corrected chi connectivity index (χ3v) is 5.87. The molecule has 0 bridgehead atoms. The minimum Gasteiger partial charge on any atom is -0.352 e. The van der Waals surface area contributed by atoms with Gasteiger partial charge in [-0.2, -0.15) is 0 Å². The van der Waals surface area contributed by atoms with Crippen molar-refractivity contribution in [2.75, 3.05) is 31.1 Å². The number of anilines is 1. The van der Waals surface area contributed by atoms with Crippen LogP contribution in [0.2, 0.25) is 0 Å². The Morgan fingerprint density at radius 2 is 1.63 bits per heavy atom. The van der Waals surface area contributed by atoms with E-state index in [-0.39, 0.29) is 5.91 Å². The predicted octanol–water partition coefficient (Wildman–Crippen LogP) is 3.96. The number of aromatic nitrogens is 2. The zero-order valence-electron chi connectivity index (χ0n) is 17.9. The van der Waals surface area contributed by atoms with Gasteiger partial charge in [-0.15, -0.1) is 10.2 Å². The van der Waals surface area contributed by atoms with Crippen LogP contribution in [0.1, 0.15) is 22.3 Å². The largest absolute Gasteiger partial charge is 0.352 e. The smallest absolute Gasteiger partial charge is 0.227 e. The third kappa shape index (κ3) is 4.35. The second-order valence-corrected chi connectivity index (χ2v) is 8.07. The van der Waals surface area contributed by atoms with Crippen molar-refractivity contribution < 1.29 is 4.79 Å². The molecule has 4 rings (SSSR count). The molecule has 30 heavy (non-hydrogen) atoms. The summed E-state index contributed by atoms with van der Waals surface area (Å²) in [6, 6.07) is 18.5. The van der Waals surface area contributed by atoms with Crippen LogP contribution in [0.25, 0.3) is 11.3 Å². The average Bonchev–Trinajstić information content (AvgIpc) is 2.76. The summed E-state index contributed by atoms with van der Waals surface area (Å²) in [7, 11) is 0. The highest BCUT2D eigenvalue weighted by Gasteiger charge is 2.22. The van der Waals surface area contributed by atoms with Gasteiger partial charge in [0, 0.05) is 31.7 Å². The van der Waals surface area contributed by atoms with Gasteiger partial charge in [0.1, 0.15) is 0 Å². The topological polar surface area (TPSA) is 49.3 Å². The molecule has 0 aliphatic carbocycles. The lowest BCUT2D eigenvalue weighted by Gasteiger charge is -2.35. The van der Waals surface area contributed by atoms with E-state index in [4.69, 9.17) is 0 Å². The molecule has 0 spiro atoms. The van der Waals surface area contributed by atoms with E-state index in [0.29, 0.717) is 19.5 Å². The minimum atomic E-state index is 0.195. The summed E-state index contributed by atoms with van der Waals surface area (Å²) in [6.45, 7) is 9.23. The van der Waals surface area contributed by atoms with Gasteiger partial charge in [-0.1, -0.05) is 48.0 Å².